The lowest BCUT2D eigenvalue weighted by atomic mass is 10.0. The highest BCUT2D eigenvalue weighted by atomic mass is 32.2. The van der Waals surface area contributed by atoms with Crippen LogP contribution in [0.3, 0.4) is 0 Å². The van der Waals surface area contributed by atoms with Gasteiger partial charge in [-0.2, -0.15) is 0 Å². The van der Waals surface area contributed by atoms with E-state index in [2.05, 4.69) is 29.4 Å². The number of carbonyl (C=O) groups is 1. The van der Waals surface area contributed by atoms with Crippen molar-refractivity contribution in [3.05, 3.63) is 60.4 Å². The summed E-state index contributed by atoms with van der Waals surface area (Å²) in [4.78, 5) is 13.1. The van der Waals surface area contributed by atoms with Gasteiger partial charge >= 0.3 is 0 Å². The van der Waals surface area contributed by atoms with Crippen LogP contribution in [0.15, 0.2) is 64.9 Å². The average Bonchev–Trinajstić information content (AvgIpc) is 3.06. The molecule has 7 heteroatoms. The molecule has 0 aliphatic carbocycles. The summed E-state index contributed by atoms with van der Waals surface area (Å²) >= 11 is 1.51. The first-order valence-corrected chi connectivity index (χ1v) is 9.47. The van der Waals surface area contributed by atoms with Crippen LogP contribution in [-0.4, -0.2) is 27.3 Å². The Bertz CT molecular complexity index is 889. The second-order valence-corrected chi connectivity index (χ2v) is 7.45. The number of benzene rings is 2. The summed E-state index contributed by atoms with van der Waals surface area (Å²) in [6.45, 7) is 4.25. The minimum absolute atomic E-state index is 0.0313. The van der Waals surface area contributed by atoms with Gasteiger partial charge in [-0.05, 0) is 59.6 Å². The molecule has 140 valence electrons. The first-order chi connectivity index (χ1) is 13.0. The Morgan fingerprint density at radius 2 is 1.85 bits per heavy atom. The lowest BCUT2D eigenvalue weighted by Crippen LogP contribution is -2.20. The van der Waals surface area contributed by atoms with Crippen molar-refractivity contribution in [1.29, 1.82) is 0 Å². The predicted octanol–water partition coefficient (Wildman–Crippen LogP) is 4.11. The van der Waals surface area contributed by atoms with Crippen molar-refractivity contribution in [2.75, 3.05) is 11.9 Å². The summed E-state index contributed by atoms with van der Waals surface area (Å²) in [5.41, 5.74) is 1.96. The molecule has 0 saturated heterocycles. The van der Waals surface area contributed by atoms with Gasteiger partial charge in [-0.15, -0.1) is 10.2 Å². The van der Waals surface area contributed by atoms with E-state index in [1.54, 1.807) is 6.33 Å². The van der Waals surface area contributed by atoms with E-state index < -0.39 is 0 Å². The van der Waals surface area contributed by atoms with Crippen LogP contribution in [-0.2, 0) is 11.8 Å². The van der Waals surface area contributed by atoms with Gasteiger partial charge in [0, 0.05) is 17.6 Å². The zero-order valence-corrected chi connectivity index (χ0v) is 16.4. The van der Waals surface area contributed by atoms with E-state index in [-0.39, 0.29) is 12.5 Å². The van der Waals surface area contributed by atoms with Gasteiger partial charge in [0.25, 0.3) is 5.91 Å². The largest absolute Gasteiger partial charge is 0.484 e. The fourth-order valence-corrected chi connectivity index (χ4v) is 3.13. The van der Waals surface area contributed by atoms with E-state index >= 15 is 0 Å². The van der Waals surface area contributed by atoms with Crippen LogP contribution in [0.5, 0.6) is 5.75 Å². The molecule has 0 radical (unpaired) electrons. The molecule has 0 aliphatic heterocycles. The van der Waals surface area contributed by atoms with Gasteiger partial charge in [-0.3, -0.25) is 4.79 Å². The van der Waals surface area contributed by atoms with E-state index in [1.165, 1.54) is 17.3 Å². The second-order valence-electron chi connectivity index (χ2n) is 6.41. The van der Waals surface area contributed by atoms with Gasteiger partial charge < -0.3 is 14.6 Å². The zero-order valence-electron chi connectivity index (χ0n) is 15.5. The Morgan fingerprint density at radius 3 is 2.44 bits per heavy atom. The number of rotatable bonds is 7. The van der Waals surface area contributed by atoms with Crippen LogP contribution in [0.2, 0.25) is 0 Å². The Morgan fingerprint density at radius 1 is 1.15 bits per heavy atom. The second kappa shape index (κ2) is 8.73. The lowest BCUT2D eigenvalue weighted by Gasteiger charge is -2.10. The molecule has 2 aromatic carbocycles. The molecule has 6 nitrogen and oxygen atoms in total. The van der Waals surface area contributed by atoms with Crippen molar-refractivity contribution in [2.45, 2.75) is 29.8 Å². The van der Waals surface area contributed by atoms with Gasteiger partial charge in [-0.1, -0.05) is 26.0 Å². The maximum Gasteiger partial charge on any atom is 0.262 e. The molecule has 0 bridgehead atoms. The molecule has 3 aromatic rings. The number of carbonyl (C=O) groups excluding carboxylic acids is 1. The third-order valence-electron chi connectivity index (χ3n) is 3.93. The van der Waals surface area contributed by atoms with Crippen molar-refractivity contribution in [3.8, 4) is 5.75 Å². The summed E-state index contributed by atoms with van der Waals surface area (Å²) in [6.07, 6.45) is 1.66. The van der Waals surface area contributed by atoms with E-state index in [0.717, 1.165) is 15.7 Å². The van der Waals surface area contributed by atoms with Crippen molar-refractivity contribution in [1.82, 2.24) is 14.8 Å². The van der Waals surface area contributed by atoms with Crippen molar-refractivity contribution in [2.24, 2.45) is 7.05 Å². The number of amides is 1. The minimum atomic E-state index is -0.198. The van der Waals surface area contributed by atoms with E-state index in [1.807, 2.05) is 60.1 Å². The number of aryl methyl sites for hydroxylation is 1. The molecule has 1 amide bonds. The Labute approximate surface area is 163 Å². The van der Waals surface area contributed by atoms with Crippen LogP contribution >= 0.6 is 11.8 Å². The SMILES string of the molecule is CC(C)c1ccc(OCC(=O)Nc2ccc(Sc3nncn3C)cc2)cc1. The van der Waals surface area contributed by atoms with Crippen molar-refractivity contribution < 1.29 is 9.53 Å². The molecule has 0 saturated carbocycles. The number of ether oxygens (including phenoxy) is 1. The van der Waals surface area contributed by atoms with Gasteiger partial charge in [0.05, 0.1) is 0 Å². The number of anilines is 1. The molecule has 0 spiro atoms. The predicted molar refractivity (Wildman–Crippen MR) is 106 cm³/mol. The smallest absolute Gasteiger partial charge is 0.262 e. The van der Waals surface area contributed by atoms with Crippen LogP contribution < -0.4 is 10.1 Å². The first-order valence-electron chi connectivity index (χ1n) is 8.66. The van der Waals surface area contributed by atoms with Crippen molar-refractivity contribution in [3.63, 3.8) is 0 Å². The van der Waals surface area contributed by atoms with Gasteiger partial charge in [-0.25, -0.2) is 0 Å². The first kappa shape index (κ1) is 19.0. The Kier molecular flexibility index (Phi) is 6.13. The number of hydrogen-bond acceptors (Lipinski definition) is 5. The summed E-state index contributed by atoms with van der Waals surface area (Å²) < 4.78 is 7.40. The van der Waals surface area contributed by atoms with Crippen LogP contribution in [0, 0.1) is 0 Å². The molecule has 1 aromatic heterocycles. The maximum atomic E-state index is 12.1. The molecular formula is C20H22N4O2S. The number of hydrogen-bond donors (Lipinski definition) is 1. The monoisotopic (exact) mass is 382 g/mol. The van der Waals surface area contributed by atoms with Crippen molar-refractivity contribution >= 4 is 23.4 Å². The van der Waals surface area contributed by atoms with E-state index in [0.29, 0.717) is 11.7 Å². The number of nitrogens with zero attached hydrogens (tertiary/aromatic N) is 3. The standard InChI is InChI=1S/C20H22N4O2S/c1-14(2)15-4-8-17(9-5-15)26-12-19(25)22-16-6-10-18(11-7-16)27-20-23-21-13-24(20)3/h4-11,13-14H,12H2,1-3H3,(H,22,25). The molecule has 0 fully saturated rings. The summed E-state index contributed by atoms with van der Waals surface area (Å²) in [5, 5.41) is 11.5. The Hall–Kier alpha value is -2.80. The third-order valence-corrected chi connectivity index (χ3v) is 4.99. The lowest BCUT2D eigenvalue weighted by molar-refractivity contribution is -0.118. The van der Waals surface area contributed by atoms with Gasteiger partial charge in [0.2, 0.25) is 0 Å². The average molecular weight is 382 g/mol. The highest BCUT2D eigenvalue weighted by Gasteiger charge is 2.07. The highest BCUT2D eigenvalue weighted by molar-refractivity contribution is 7.99. The summed E-state index contributed by atoms with van der Waals surface area (Å²) in [6, 6.07) is 15.4. The topological polar surface area (TPSA) is 69.0 Å². The molecule has 1 N–H and O–H groups in total. The maximum absolute atomic E-state index is 12.1. The zero-order chi connectivity index (χ0) is 19.2. The Balaban J connectivity index is 1.49. The molecule has 27 heavy (non-hydrogen) atoms. The summed E-state index contributed by atoms with van der Waals surface area (Å²) in [5.74, 6) is 0.957. The third kappa shape index (κ3) is 5.34. The molecule has 3 rings (SSSR count). The summed E-state index contributed by atoms with van der Waals surface area (Å²) in [7, 11) is 1.90. The highest BCUT2D eigenvalue weighted by Crippen LogP contribution is 2.26. The fourth-order valence-electron chi connectivity index (χ4n) is 2.37. The van der Waals surface area contributed by atoms with Crippen LogP contribution in [0.1, 0.15) is 25.3 Å². The molecule has 0 aliphatic rings. The van der Waals surface area contributed by atoms with Crippen LogP contribution in [0.25, 0.3) is 0 Å². The number of nitrogens with one attached hydrogen (secondary N) is 1. The molecule has 0 atom stereocenters. The van der Waals surface area contributed by atoms with Crippen LogP contribution in [0.4, 0.5) is 5.69 Å². The molecule has 1 heterocycles. The fraction of sp³-hybridized carbons (Fsp3) is 0.250. The van der Waals surface area contributed by atoms with Gasteiger partial charge in [0.15, 0.2) is 11.8 Å². The molecular weight excluding hydrogens is 360 g/mol. The molecule has 0 unspecified atom stereocenters. The quantitative estimate of drug-likeness (QED) is 0.666. The van der Waals surface area contributed by atoms with Gasteiger partial charge in [0.1, 0.15) is 12.1 Å². The minimum Gasteiger partial charge on any atom is -0.484 e. The number of aromatic nitrogens is 3. The van der Waals surface area contributed by atoms with E-state index in [9.17, 15) is 4.79 Å². The van der Waals surface area contributed by atoms with E-state index in [4.69, 9.17) is 4.74 Å². The normalized spacial score (nSPS) is 10.8.